The van der Waals surface area contributed by atoms with Crippen LogP contribution in [0.1, 0.15) is 38.1 Å². The second-order valence-corrected chi connectivity index (χ2v) is 5.65. The first-order valence-electron chi connectivity index (χ1n) is 6.39. The number of aryl methyl sites for hydroxylation is 1. The van der Waals surface area contributed by atoms with Crippen molar-refractivity contribution in [3.8, 4) is 0 Å². The molecule has 0 bridgehead atoms. The Morgan fingerprint density at radius 1 is 1.56 bits per heavy atom. The first-order chi connectivity index (χ1) is 8.49. The number of anilines is 1. The van der Waals surface area contributed by atoms with E-state index in [0.29, 0.717) is 11.0 Å². The van der Waals surface area contributed by atoms with Crippen molar-refractivity contribution in [2.45, 2.75) is 39.7 Å². The Kier molecular flexibility index (Phi) is 3.80. The molecule has 1 aromatic heterocycles. The van der Waals surface area contributed by atoms with Crippen LogP contribution in [-0.4, -0.2) is 27.5 Å². The average Bonchev–Trinajstić information content (AvgIpc) is 3.08. The number of nitrogens with two attached hydrogens (primary N) is 1. The van der Waals surface area contributed by atoms with Crippen LogP contribution >= 0.6 is 12.2 Å². The summed E-state index contributed by atoms with van der Waals surface area (Å²) in [7, 11) is 0. The van der Waals surface area contributed by atoms with Gasteiger partial charge in [-0.05, 0) is 39.5 Å². The van der Waals surface area contributed by atoms with Gasteiger partial charge < -0.3 is 10.6 Å². The molecule has 0 radical (unpaired) electrons. The van der Waals surface area contributed by atoms with Gasteiger partial charge in [0.25, 0.3) is 0 Å². The lowest BCUT2D eigenvalue weighted by Crippen LogP contribution is -2.35. The topological polar surface area (TPSA) is 55.0 Å². The first kappa shape index (κ1) is 13.2. The van der Waals surface area contributed by atoms with E-state index < -0.39 is 0 Å². The van der Waals surface area contributed by atoms with Gasteiger partial charge in [-0.3, -0.25) is 0 Å². The summed E-state index contributed by atoms with van der Waals surface area (Å²) in [4.78, 5) is 11.4. The van der Waals surface area contributed by atoms with Crippen molar-refractivity contribution in [1.82, 2.24) is 9.97 Å². The summed E-state index contributed by atoms with van der Waals surface area (Å²) in [5.74, 6) is 2.44. The van der Waals surface area contributed by atoms with Crippen LogP contribution in [0.3, 0.4) is 0 Å². The summed E-state index contributed by atoms with van der Waals surface area (Å²) in [6.45, 7) is 7.26. The van der Waals surface area contributed by atoms with E-state index in [1.54, 1.807) is 6.20 Å². The molecule has 0 aromatic carbocycles. The standard InChI is InChI=1S/C13H20N4S/c1-8(2)17(7-10-4-5-10)13-11(12(14)18)6-15-9(3)16-13/h6,8,10H,4-5,7H2,1-3H3,(H2,14,18). The van der Waals surface area contributed by atoms with Gasteiger partial charge in [-0.25, -0.2) is 9.97 Å². The number of nitrogens with zero attached hydrogens (tertiary/aromatic N) is 3. The van der Waals surface area contributed by atoms with E-state index in [9.17, 15) is 0 Å². The molecule has 1 aromatic rings. The highest BCUT2D eigenvalue weighted by atomic mass is 32.1. The Labute approximate surface area is 114 Å². The molecule has 1 heterocycles. The highest BCUT2D eigenvalue weighted by Crippen LogP contribution is 2.32. The lowest BCUT2D eigenvalue weighted by Gasteiger charge is -2.29. The van der Waals surface area contributed by atoms with Crippen molar-refractivity contribution in [2.24, 2.45) is 11.7 Å². The van der Waals surface area contributed by atoms with Gasteiger partial charge in [0.2, 0.25) is 0 Å². The number of rotatable bonds is 5. The van der Waals surface area contributed by atoms with Crippen LogP contribution in [0.25, 0.3) is 0 Å². The van der Waals surface area contributed by atoms with Gasteiger partial charge in [-0.15, -0.1) is 0 Å². The van der Waals surface area contributed by atoms with Gasteiger partial charge in [0.1, 0.15) is 16.6 Å². The third-order valence-electron chi connectivity index (χ3n) is 3.20. The summed E-state index contributed by atoms with van der Waals surface area (Å²) in [6.07, 6.45) is 4.37. The van der Waals surface area contributed by atoms with E-state index in [1.807, 2.05) is 6.92 Å². The zero-order valence-corrected chi connectivity index (χ0v) is 12.0. The highest BCUT2D eigenvalue weighted by molar-refractivity contribution is 7.80. The molecule has 1 fully saturated rings. The fraction of sp³-hybridized carbons (Fsp3) is 0.615. The van der Waals surface area contributed by atoms with E-state index in [1.165, 1.54) is 12.8 Å². The Balaban J connectivity index is 2.37. The maximum atomic E-state index is 5.77. The van der Waals surface area contributed by atoms with Crippen LogP contribution in [-0.2, 0) is 0 Å². The second kappa shape index (κ2) is 5.18. The molecular weight excluding hydrogens is 244 g/mol. The zero-order valence-electron chi connectivity index (χ0n) is 11.2. The SMILES string of the molecule is Cc1ncc(C(N)=S)c(N(CC2CC2)C(C)C)n1. The van der Waals surface area contributed by atoms with Gasteiger partial charge in [0, 0.05) is 18.8 Å². The minimum atomic E-state index is 0.367. The maximum absolute atomic E-state index is 5.77. The van der Waals surface area contributed by atoms with E-state index in [4.69, 9.17) is 18.0 Å². The van der Waals surface area contributed by atoms with E-state index in [-0.39, 0.29) is 0 Å². The van der Waals surface area contributed by atoms with E-state index in [0.717, 1.165) is 29.7 Å². The van der Waals surface area contributed by atoms with Gasteiger partial charge >= 0.3 is 0 Å². The van der Waals surface area contributed by atoms with E-state index in [2.05, 4.69) is 28.7 Å². The number of aromatic nitrogens is 2. The number of hydrogen-bond donors (Lipinski definition) is 1. The molecule has 4 nitrogen and oxygen atoms in total. The lowest BCUT2D eigenvalue weighted by molar-refractivity contribution is 0.634. The fourth-order valence-corrected chi connectivity index (χ4v) is 2.12. The minimum Gasteiger partial charge on any atom is -0.389 e. The van der Waals surface area contributed by atoms with E-state index >= 15 is 0 Å². The van der Waals surface area contributed by atoms with Crippen molar-refractivity contribution in [3.05, 3.63) is 17.6 Å². The molecule has 1 aliphatic carbocycles. The molecule has 98 valence electrons. The van der Waals surface area contributed by atoms with Gasteiger partial charge in [0.05, 0.1) is 5.56 Å². The third-order valence-corrected chi connectivity index (χ3v) is 3.42. The molecule has 1 saturated carbocycles. The monoisotopic (exact) mass is 264 g/mol. The van der Waals surface area contributed by atoms with Crippen LogP contribution in [0.15, 0.2) is 6.20 Å². The minimum absolute atomic E-state index is 0.367. The normalized spacial score (nSPS) is 14.9. The molecule has 0 atom stereocenters. The largest absolute Gasteiger partial charge is 0.389 e. The summed E-state index contributed by atoms with van der Waals surface area (Å²) < 4.78 is 0. The first-order valence-corrected chi connectivity index (χ1v) is 6.80. The Morgan fingerprint density at radius 3 is 2.72 bits per heavy atom. The summed E-state index contributed by atoms with van der Waals surface area (Å²) >= 11 is 5.10. The summed E-state index contributed by atoms with van der Waals surface area (Å²) in [5.41, 5.74) is 6.56. The lowest BCUT2D eigenvalue weighted by atomic mass is 10.2. The zero-order chi connectivity index (χ0) is 13.3. The predicted molar refractivity (Wildman–Crippen MR) is 77.9 cm³/mol. The molecule has 1 aliphatic rings. The average molecular weight is 264 g/mol. The molecule has 0 unspecified atom stereocenters. The Bertz CT molecular complexity index is 454. The number of hydrogen-bond acceptors (Lipinski definition) is 4. The second-order valence-electron chi connectivity index (χ2n) is 5.21. The summed E-state index contributed by atoms with van der Waals surface area (Å²) in [6, 6.07) is 0.382. The Morgan fingerprint density at radius 2 is 2.22 bits per heavy atom. The molecular formula is C13H20N4S. The fourth-order valence-electron chi connectivity index (χ4n) is 1.97. The van der Waals surface area contributed by atoms with Crippen LogP contribution in [0.4, 0.5) is 5.82 Å². The molecule has 2 N–H and O–H groups in total. The molecule has 0 aliphatic heterocycles. The molecule has 5 heteroatoms. The predicted octanol–water partition coefficient (Wildman–Crippen LogP) is 2.04. The smallest absolute Gasteiger partial charge is 0.142 e. The van der Waals surface area contributed by atoms with Crippen molar-refractivity contribution in [1.29, 1.82) is 0 Å². The molecule has 0 amide bonds. The molecule has 2 rings (SSSR count). The van der Waals surface area contributed by atoms with Crippen molar-refractivity contribution in [2.75, 3.05) is 11.4 Å². The van der Waals surface area contributed by atoms with Crippen LogP contribution in [0.2, 0.25) is 0 Å². The Hall–Kier alpha value is -1.23. The molecule has 0 saturated heterocycles. The maximum Gasteiger partial charge on any atom is 0.142 e. The number of thiocarbonyl (C=S) groups is 1. The van der Waals surface area contributed by atoms with Crippen molar-refractivity contribution in [3.63, 3.8) is 0 Å². The molecule has 0 spiro atoms. The van der Waals surface area contributed by atoms with Crippen LogP contribution in [0, 0.1) is 12.8 Å². The summed E-state index contributed by atoms with van der Waals surface area (Å²) in [5, 5.41) is 0. The highest BCUT2D eigenvalue weighted by Gasteiger charge is 2.28. The van der Waals surface area contributed by atoms with Crippen LogP contribution < -0.4 is 10.6 Å². The third kappa shape index (κ3) is 2.96. The van der Waals surface area contributed by atoms with Gasteiger partial charge in [0.15, 0.2) is 0 Å². The van der Waals surface area contributed by atoms with Crippen molar-refractivity contribution >= 4 is 23.0 Å². The quantitative estimate of drug-likeness (QED) is 0.825. The van der Waals surface area contributed by atoms with Crippen molar-refractivity contribution < 1.29 is 0 Å². The van der Waals surface area contributed by atoms with Crippen LogP contribution in [0.5, 0.6) is 0 Å². The van der Waals surface area contributed by atoms with Gasteiger partial charge in [-0.1, -0.05) is 12.2 Å². The van der Waals surface area contributed by atoms with Gasteiger partial charge in [-0.2, -0.15) is 0 Å². The molecule has 18 heavy (non-hydrogen) atoms.